The number of hydrogen-bond donors (Lipinski definition) is 0. The number of aromatic nitrogens is 2. The molecule has 0 bridgehead atoms. The van der Waals surface area contributed by atoms with Gasteiger partial charge in [0.15, 0.2) is 0 Å². The zero-order valence-electron chi connectivity index (χ0n) is 12.9. The smallest absolute Gasteiger partial charge is 0.272 e. The molecule has 3 rings (SSSR count). The molecule has 1 aromatic heterocycles. The Morgan fingerprint density at radius 3 is 2.77 bits per heavy atom. The van der Waals surface area contributed by atoms with Crippen LogP contribution in [0.1, 0.15) is 41.5 Å². The van der Waals surface area contributed by atoms with E-state index in [2.05, 4.69) is 5.10 Å². The second kappa shape index (κ2) is 5.91. The van der Waals surface area contributed by atoms with Crippen LogP contribution >= 0.6 is 0 Å². The molecule has 1 fully saturated rings. The molecule has 2 aromatic rings. The zero-order chi connectivity index (χ0) is 15.7. The Balaban J connectivity index is 1.84. The van der Waals surface area contributed by atoms with Gasteiger partial charge in [-0.25, -0.2) is 4.39 Å². The maximum atomic E-state index is 13.4. The van der Waals surface area contributed by atoms with E-state index in [1.165, 1.54) is 12.1 Å². The van der Waals surface area contributed by atoms with E-state index in [4.69, 9.17) is 0 Å². The predicted octanol–water partition coefficient (Wildman–Crippen LogP) is 2.93. The van der Waals surface area contributed by atoms with Crippen LogP contribution in [0.25, 0.3) is 0 Å². The van der Waals surface area contributed by atoms with Crippen molar-refractivity contribution in [2.45, 2.75) is 38.8 Å². The van der Waals surface area contributed by atoms with Crippen molar-refractivity contribution in [1.82, 2.24) is 14.7 Å². The number of benzene rings is 1. The molecule has 1 aliphatic rings. The molecule has 0 unspecified atom stereocenters. The van der Waals surface area contributed by atoms with Gasteiger partial charge >= 0.3 is 0 Å². The lowest BCUT2D eigenvalue weighted by Gasteiger charge is -2.22. The second-order valence-corrected chi connectivity index (χ2v) is 5.79. The first-order valence-corrected chi connectivity index (χ1v) is 7.66. The number of aryl methyl sites for hydroxylation is 2. The zero-order valence-corrected chi connectivity index (χ0v) is 12.9. The molecule has 1 heterocycles. The molecule has 0 N–H and O–H groups in total. The number of carbonyl (C=O) groups excluding carboxylic acids is 1. The van der Waals surface area contributed by atoms with Crippen molar-refractivity contribution in [3.8, 4) is 0 Å². The summed E-state index contributed by atoms with van der Waals surface area (Å²) in [5.41, 5.74) is 2.32. The van der Waals surface area contributed by atoms with Crippen molar-refractivity contribution in [3.63, 3.8) is 0 Å². The van der Waals surface area contributed by atoms with Gasteiger partial charge in [-0.3, -0.25) is 9.48 Å². The Morgan fingerprint density at radius 1 is 1.41 bits per heavy atom. The van der Waals surface area contributed by atoms with Gasteiger partial charge in [0.25, 0.3) is 5.91 Å². The minimum atomic E-state index is -0.269. The van der Waals surface area contributed by atoms with Crippen LogP contribution in [0.3, 0.4) is 0 Å². The first-order chi connectivity index (χ1) is 10.6. The van der Waals surface area contributed by atoms with E-state index < -0.39 is 0 Å². The first-order valence-electron chi connectivity index (χ1n) is 7.66. The number of carbonyl (C=O) groups is 1. The van der Waals surface area contributed by atoms with Crippen molar-refractivity contribution in [3.05, 3.63) is 53.1 Å². The quantitative estimate of drug-likeness (QED) is 0.851. The lowest BCUT2D eigenvalue weighted by Crippen LogP contribution is -2.33. The fourth-order valence-electron chi connectivity index (χ4n) is 2.63. The van der Waals surface area contributed by atoms with Crippen LogP contribution in [0.2, 0.25) is 0 Å². The lowest BCUT2D eigenvalue weighted by molar-refractivity contribution is 0.0718. The van der Waals surface area contributed by atoms with Gasteiger partial charge < -0.3 is 4.90 Å². The molecule has 0 atom stereocenters. The van der Waals surface area contributed by atoms with Crippen molar-refractivity contribution < 1.29 is 9.18 Å². The van der Waals surface area contributed by atoms with Gasteiger partial charge in [0.2, 0.25) is 0 Å². The molecule has 5 heteroatoms. The molecule has 1 amide bonds. The average molecular weight is 301 g/mol. The summed E-state index contributed by atoms with van der Waals surface area (Å²) in [7, 11) is 1.79. The normalized spacial score (nSPS) is 14.1. The van der Waals surface area contributed by atoms with Crippen molar-refractivity contribution in [1.29, 1.82) is 0 Å². The van der Waals surface area contributed by atoms with Crippen LogP contribution in [0.4, 0.5) is 4.39 Å². The second-order valence-electron chi connectivity index (χ2n) is 5.79. The molecule has 0 spiro atoms. The Morgan fingerprint density at radius 2 is 2.18 bits per heavy atom. The molecule has 0 aliphatic heterocycles. The van der Waals surface area contributed by atoms with E-state index in [1.807, 2.05) is 24.0 Å². The maximum absolute atomic E-state index is 13.4. The van der Waals surface area contributed by atoms with Crippen LogP contribution in [0, 0.1) is 5.82 Å². The largest absolute Gasteiger partial charge is 0.330 e. The van der Waals surface area contributed by atoms with Crippen LogP contribution in [0.5, 0.6) is 0 Å². The van der Waals surface area contributed by atoms with E-state index in [1.54, 1.807) is 17.8 Å². The van der Waals surface area contributed by atoms with E-state index in [9.17, 15) is 9.18 Å². The van der Waals surface area contributed by atoms with Gasteiger partial charge in [-0.1, -0.05) is 19.1 Å². The highest BCUT2D eigenvalue weighted by Gasteiger charge is 2.34. The molecule has 4 nitrogen and oxygen atoms in total. The SMILES string of the molecule is CCc1cc(C(=O)N(Cc2cccc(F)c2)C2CC2)n(C)n1. The van der Waals surface area contributed by atoms with Crippen molar-refractivity contribution in [2.24, 2.45) is 7.05 Å². The summed E-state index contributed by atoms with van der Waals surface area (Å²) in [4.78, 5) is 14.7. The standard InChI is InChI=1S/C17H20FN3O/c1-3-14-10-16(20(2)19-14)17(22)21(15-7-8-15)11-12-5-4-6-13(18)9-12/h4-6,9-10,15H,3,7-8,11H2,1-2H3. The topological polar surface area (TPSA) is 38.1 Å². The molecule has 0 saturated heterocycles. The highest BCUT2D eigenvalue weighted by molar-refractivity contribution is 5.93. The molecule has 1 saturated carbocycles. The minimum absolute atomic E-state index is 0.0264. The Hall–Kier alpha value is -2.17. The summed E-state index contributed by atoms with van der Waals surface area (Å²) >= 11 is 0. The molecule has 116 valence electrons. The maximum Gasteiger partial charge on any atom is 0.272 e. The summed E-state index contributed by atoms with van der Waals surface area (Å²) in [5, 5.41) is 4.34. The van der Waals surface area contributed by atoms with Crippen molar-refractivity contribution in [2.75, 3.05) is 0 Å². The van der Waals surface area contributed by atoms with Crippen molar-refractivity contribution >= 4 is 5.91 Å². The summed E-state index contributed by atoms with van der Waals surface area (Å²) in [6.45, 7) is 2.45. The summed E-state index contributed by atoms with van der Waals surface area (Å²) in [6.07, 6.45) is 2.83. The summed E-state index contributed by atoms with van der Waals surface area (Å²) in [5.74, 6) is -0.295. The predicted molar refractivity (Wildman–Crippen MR) is 81.9 cm³/mol. The fourth-order valence-corrected chi connectivity index (χ4v) is 2.63. The molecular weight excluding hydrogens is 281 g/mol. The van der Waals surface area contributed by atoms with Gasteiger partial charge in [-0.05, 0) is 43.0 Å². The van der Waals surface area contributed by atoms with E-state index in [-0.39, 0.29) is 17.8 Å². The van der Waals surface area contributed by atoms with Crippen LogP contribution in [-0.2, 0) is 20.0 Å². The number of hydrogen-bond acceptors (Lipinski definition) is 2. The van der Waals surface area contributed by atoms with Crippen LogP contribution in [-0.4, -0.2) is 26.6 Å². The molecule has 1 aromatic carbocycles. The number of halogens is 1. The first kappa shape index (κ1) is 14.8. The van der Waals surface area contributed by atoms with Gasteiger partial charge in [-0.15, -0.1) is 0 Å². The van der Waals surface area contributed by atoms with E-state index in [0.29, 0.717) is 12.2 Å². The summed E-state index contributed by atoms with van der Waals surface area (Å²) < 4.78 is 15.0. The fraction of sp³-hybridized carbons (Fsp3) is 0.412. The lowest BCUT2D eigenvalue weighted by atomic mass is 10.2. The van der Waals surface area contributed by atoms with Gasteiger partial charge in [0.1, 0.15) is 11.5 Å². The summed E-state index contributed by atoms with van der Waals surface area (Å²) in [6, 6.07) is 8.55. The Labute approximate surface area is 129 Å². The Kier molecular flexibility index (Phi) is 3.96. The Bertz CT molecular complexity index is 691. The van der Waals surface area contributed by atoms with Gasteiger partial charge in [0.05, 0.1) is 5.69 Å². The van der Waals surface area contributed by atoms with E-state index in [0.717, 1.165) is 30.5 Å². The van der Waals surface area contributed by atoms with Crippen LogP contribution < -0.4 is 0 Å². The minimum Gasteiger partial charge on any atom is -0.330 e. The highest BCUT2D eigenvalue weighted by Crippen LogP contribution is 2.30. The number of rotatable bonds is 5. The van der Waals surface area contributed by atoms with Gasteiger partial charge in [0, 0.05) is 19.6 Å². The van der Waals surface area contributed by atoms with Crippen LogP contribution in [0.15, 0.2) is 30.3 Å². The molecule has 1 aliphatic carbocycles. The monoisotopic (exact) mass is 301 g/mol. The highest BCUT2D eigenvalue weighted by atomic mass is 19.1. The number of amides is 1. The average Bonchev–Trinajstić information content (AvgIpc) is 3.26. The molecule has 22 heavy (non-hydrogen) atoms. The van der Waals surface area contributed by atoms with E-state index >= 15 is 0 Å². The third-order valence-electron chi connectivity index (χ3n) is 4.00. The third kappa shape index (κ3) is 3.03. The van der Waals surface area contributed by atoms with Gasteiger partial charge in [-0.2, -0.15) is 5.10 Å². The third-order valence-corrected chi connectivity index (χ3v) is 4.00. The molecule has 0 radical (unpaired) electrons. The molecular formula is C17H20FN3O. The number of nitrogens with zero attached hydrogens (tertiary/aromatic N) is 3.